The minimum absolute atomic E-state index is 0.775. The summed E-state index contributed by atoms with van der Waals surface area (Å²) in [6, 6.07) is 0.775. The van der Waals surface area contributed by atoms with Gasteiger partial charge >= 0.3 is 0 Å². The fraction of sp³-hybridized carbons (Fsp3) is 1.00. The smallest absolute Gasteiger partial charge is 0.0591 e. The van der Waals surface area contributed by atoms with E-state index in [2.05, 4.69) is 5.32 Å². The molecule has 2 saturated carbocycles. The van der Waals surface area contributed by atoms with Gasteiger partial charge in [-0.1, -0.05) is 25.7 Å². The van der Waals surface area contributed by atoms with Gasteiger partial charge in [0.2, 0.25) is 0 Å². The molecule has 88 valence electrons. The zero-order chi connectivity index (χ0) is 10.3. The SMILES string of the molecule is C1CCCC(NCCOCC2CC2)CC1. The van der Waals surface area contributed by atoms with Gasteiger partial charge in [0.05, 0.1) is 6.61 Å². The number of ether oxygens (including phenoxy) is 1. The number of hydrogen-bond donors (Lipinski definition) is 1. The lowest BCUT2D eigenvalue weighted by atomic mass is 10.1. The second-order valence-corrected chi connectivity index (χ2v) is 5.16. The molecular formula is C13H25NO. The van der Waals surface area contributed by atoms with E-state index in [4.69, 9.17) is 4.74 Å². The van der Waals surface area contributed by atoms with E-state index in [0.29, 0.717) is 0 Å². The zero-order valence-corrected chi connectivity index (χ0v) is 9.84. The molecule has 2 nitrogen and oxygen atoms in total. The molecule has 2 fully saturated rings. The monoisotopic (exact) mass is 211 g/mol. The number of nitrogens with one attached hydrogen (secondary N) is 1. The summed E-state index contributed by atoms with van der Waals surface area (Å²) in [7, 11) is 0. The first-order chi connectivity index (χ1) is 7.45. The average Bonchev–Trinajstić information content (AvgIpc) is 3.03. The Morgan fingerprint density at radius 1 is 0.933 bits per heavy atom. The lowest BCUT2D eigenvalue weighted by Crippen LogP contribution is -2.31. The van der Waals surface area contributed by atoms with Crippen LogP contribution in [0.5, 0.6) is 0 Å². The molecule has 0 heterocycles. The first-order valence-electron chi connectivity index (χ1n) is 6.76. The maximum absolute atomic E-state index is 5.62. The highest BCUT2D eigenvalue weighted by Crippen LogP contribution is 2.28. The maximum Gasteiger partial charge on any atom is 0.0591 e. The number of rotatable bonds is 6. The van der Waals surface area contributed by atoms with E-state index in [0.717, 1.165) is 31.7 Å². The Morgan fingerprint density at radius 2 is 1.67 bits per heavy atom. The molecule has 0 saturated heterocycles. The highest BCUT2D eigenvalue weighted by Gasteiger charge is 2.20. The summed E-state index contributed by atoms with van der Waals surface area (Å²) in [4.78, 5) is 0. The summed E-state index contributed by atoms with van der Waals surface area (Å²) < 4.78 is 5.62. The van der Waals surface area contributed by atoms with Crippen molar-refractivity contribution in [1.29, 1.82) is 0 Å². The molecule has 0 amide bonds. The zero-order valence-electron chi connectivity index (χ0n) is 9.84. The third-order valence-corrected chi connectivity index (χ3v) is 3.59. The Bertz CT molecular complexity index is 160. The van der Waals surface area contributed by atoms with Crippen LogP contribution in [0.2, 0.25) is 0 Å². The van der Waals surface area contributed by atoms with Gasteiger partial charge in [0.1, 0.15) is 0 Å². The third kappa shape index (κ3) is 4.98. The van der Waals surface area contributed by atoms with Crippen molar-refractivity contribution in [3.63, 3.8) is 0 Å². The summed E-state index contributed by atoms with van der Waals surface area (Å²) in [5, 5.41) is 3.63. The molecule has 2 heteroatoms. The molecule has 0 aromatic heterocycles. The van der Waals surface area contributed by atoms with Crippen LogP contribution in [0.15, 0.2) is 0 Å². The largest absolute Gasteiger partial charge is 0.380 e. The standard InChI is InChI=1S/C13H25NO/c1-2-4-6-13(5-3-1)14-9-10-15-11-12-7-8-12/h12-14H,1-11H2. The third-order valence-electron chi connectivity index (χ3n) is 3.59. The summed E-state index contributed by atoms with van der Waals surface area (Å²) in [5.74, 6) is 0.905. The number of hydrogen-bond acceptors (Lipinski definition) is 2. The molecule has 2 rings (SSSR count). The Labute approximate surface area is 93.8 Å². The van der Waals surface area contributed by atoms with Crippen molar-refractivity contribution in [2.75, 3.05) is 19.8 Å². The average molecular weight is 211 g/mol. The van der Waals surface area contributed by atoms with Crippen LogP contribution in [-0.4, -0.2) is 25.8 Å². The van der Waals surface area contributed by atoms with E-state index in [-0.39, 0.29) is 0 Å². The van der Waals surface area contributed by atoms with Gasteiger partial charge in [-0.25, -0.2) is 0 Å². The Morgan fingerprint density at radius 3 is 2.33 bits per heavy atom. The molecule has 0 atom stereocenters. The van der Waals surface area contributed by atoms with Gasteiger partial charge in [-0.05, 0) is 31.6 Å². The van der Waals surface area contributed by atoms with Crippen molar-refractivity contribution in [2.24, 2.45) is 5.92 Å². The molecule has 0 spiro atoms. The summed E-state index contributed by atoms with van der Waals surface area (Å²) in [6.45, 7) is 2.97. The van der Waals surface area contributed by atoms with Gasteiger partial charge < -0.3 is 10.1 Å². The summed E-state index contributed by atoms with van der Waals surface area (Å²) in [5.41, 5.74) is 0. The van der Waals surface area contributed by atoms with Crippen molar-refractivity contribution < 1.29 is 4.74 Å². The van der Waals surface area contributed by atoms with Crippen LogP contribution < -0.4 is 5.32 Å². The van der Waals surface area contributed by atoms with E-state index in [9.17, 15) is 0 Å². The van der Waals surface area contributed by atoms with Crippen LogP contribution in [0.4, 0.5) is 0 Å². The topological polar surface area (TPSA) is 21.3 Å². The molecule has 0 radical (unpaired) electrons. The Hall–Kier alpha value is -0.0800. The Balaban J connectivity index is 1.44. The van der Waals surface area contributed by atoms with Gasteiger partial charge in [-0.2, -0.15) is 0 Å². The molecule has 0 aromatic rings. The molecule has 0 aromatic carbocycles. The van der Waals surface area contributed by atoms with Crippen molar-refractivity contribution in [3.05, 3.63) is 0 Å². The first-order valence-corrected chi connectivity index (χ1v) is 6.76. The Kier molecular flexibility index (Phi) is 4.94. The summed E-state index contributed by atoms with van der Waals surface area (Å²) >= 11 is 0. The molecular weight excluding hydrogens is 186 g/mol. The predicted octanol–water partition coefficient (Wildman–Crippen LogP) is 2.73. The van der Waals surface area contributed by atoms with Crippen molar-refractivity contribution in [3.8, 4) is 0 Å². The molecule has 0 unspecified atom stereocenters. The van der Waals surface area contributed by atoms with Gasteiger partial charge in [0.15, 0.2) is 0 Å². The van der Waals surface area contributed by atoms with Crippen LogP contribution >= 0.6 is 0 Å². The minimum Gasteiger partial charge on any atom is -0.380 e. The predicted molar refractivity (Wildman–Crippen MR) is 63.0 cm³/mol. The lowest BCUT2D eigenvalue weighted by Gasteiger charge is -2.15. The quantitative estimate of drug-likeness (QED) is 0.539. The lowest BCUT2D eigenvalue weighted by molar-refractivity contribution is 0.123. The molecule has 0 aliphatic heterocycles. The molecule has 2 aliphatic rings. The first kappa shape index (κ1) is 11.4. The highest BCUT2D eigenvalue weighted by molar-refractivity contribution is 4.72. The van der Waals surface area contributed by atoms with Gasteiger partial charge in [0, 0.05) is 19.2 Å². The minimum atomic E-state index is 0.775. The van der Waals surface area contributed by atoms with E-state index in [1.165, 1.54) is 51.4 Å². The second-order valence-electron chi connectivity index (χ2n) is 5.16. The van der Waals surface area contributed by atoms with E-state index in [1.54, 1.807) is 0 Å². The van der Waals surface area contributed by atoms with Gasteiger partial charge in [-0.3, -0.25) is 0 Å². The molecule has 0 bridgehead atoms. The van der Waals surface area contributed by atoms with Crippen LogP contribution in [0.3, 0.4) is 0 Å². The fourth-order valence-electron chi connectivity index (χ4n) is 2.35. The van der Waals surface area contributed by atoms with Crippen molar-refractivity contribution >= 4 is 0 Å². The van der Waals surface area contributed by atoms with Gasteiger partial charge in [-0.15, -0.1) is 0 Å². The van der Waals surface area contributed by atoms with Crippen LogP contribution in [0.25, 0.3) is 0 Å². The summed E-state index contributed by atoms with van der Waals surface area (Å²) in [6.07, 6.45) is 11.3. The van der Waals surface area contributed by atoms with Crippen LogP contribution in [0, 0.1) is 5.92 Å². The molecule has 2 aliphatic carbocycles. The highest BCUT2D eigenvalue weighted by atomic mass is 16.5. The normalized spacial score (nSPS) is 24.0. The van der Waals surface area contributed by atoms with Crippen LogP contribution in [0.1, 0.15) is 51.4 Å². The second kappa shape index (κ2) is 6.49. The van der Waals surface area contributed by atoms with E-state index >= 15 is 0 Å². The van der Waals surface area contributed by atoms with E-state index in [1.807, 2.05) is 0 Å². The molecule has 1 N–H and O–H groups in total. The molecule has 15 heavy (non-hydrogen) atoms. The van der Waals surface area contributed by atoms with Gasteiger partial charge in [0.25, 0.3) is 0 Å². The van der Waals surface area contributed by atoms with E-state index < -0.39 is 0 Å². The fourth-order valence-corrected chi connectivity index (χ4v) is 2.35. The van der Waals surface area contributed by atoms with Crippen molar-refractivity contribution in [1.82, 2.24) is 5.32 Å². The maximum atomic E-state index is 5.62. The van der Waals surface area contributed by atoms with Crippen molar-refractivity contribution in [2.45, 2.75) is 57.4 Å². The van der Waals surface area contributed by atoms with Crippen LogP contribution in [-0.2, 0) is 4.74 Å².